The van der Waals surface area contributed by atoms with Crippen LogP contribution in [0.25, 0.3) is 0 Å². The molecule has 0 radical (unpaired) electrons. The van der Waals surface area contributed by atoms with Gasteiger partial charge in [0.2, 0.25) is 10.0 Å². The zero-order valence-corrected chi connectivity index (χ0v) is 9.84. The van der Waals surface area contributed by atoms with E-state index in [9.17, 15) is 8.42 Å². The minimum Gasteiger partial charge on any atom is -0.478 e. The Bertz CT molecular complexity index is 517. The maximum absolute atomic E-state index is 11.1. The van der Waals surface area contributed by atoms with Gasteiger partial charge in [-0.25, -0.2) is 8.42 Å². The lowest BCUT2D eigenvalue weighted by atomic mass is 10.2. The second kappa shape index (κ2) is 4.86. The van der Waals surface area contributed by atoms with E-state index in [-0.39, 0.29) is 6.61 Å². The number of benzene rings is 1. The molecule has 1 aromatic carbocycles. The standard InChI is InChI=1S/C10H12N2O3S/c1-8-9(12-16(2,13)14)4-3-5-10(8)15-7-6-11/h3-5,12H,7H2,1-2H3. The Morgan fingerprint density at radius 1 is 1.50 bits per heavy atom. The smallest absolute Gasteiger partial charge is 0.229 e. The van der Waals surface area contributed by atoms with Crippen molar-refractivity contribution in [1.29, 1.82) is 5.26 Å². The number of ether oxygens (including phenoxy) is 1. The van der Waals surface area contributed by atoms with E-state index in [0.29, 0.717) is 17.0 Å². The number of nitriles is 1. The first-order valence-electron chi connectivity index (χ1n) is 4.51. The molecule has 6 heteroatoms. The van der Waals surface area contributed by atoms with Crippen molar-refractivity contribution in [2.75, 3.05) is 17.6 Å². The van der Waals surface area contributed by atoms with Gasteiger partial charge in [-0.15, -0.1) is 0 Å². The number of hydrogen-bond donors (Lipinski definition) is 1. The minimum atomic E-state index is -3.31. The Morgan fingerprint density at radius 2 is 2.19 bits per heavy atom. The molecule has 1 aromatic rings. The molecule has 0 amide bonds. The molecule has 0 saturated heterocycles. The Hall–Kier alpha value is -1.74. The van der Waals surface area contributed by atoms with Crippen molar-refractivity contribution in [2.24, 2.45) is 0 Å². The van der Waals surface area contributed by atoms with Crippen LogP contribution < -0.4 is 9.46 Å². The number of anilines is 1. The largest absolute Gasteiger partial charge is 0.478 e. The van der Waals surface area contributed by atoms with Crippen LogP contribution in [0.5, 0.6) is 5.75 Å². The van der Waals surface area contributed by atoms with Gasteiger partial charge in [0.05, 0.1) is 11.9 Å². The summed E-state index contributed by atoms with van der Waals surface area (Å²) in [5, 5.41) is 8.39. The van der Waals surface area contributed by atoms with Crippen molar-refractivity contribution in [3.8, 4) is 11.8 Å². The first-order valence-corrected chi connectivity index (χ1v) is 6.40. The zero-order valence-electron chi connectivity index (χ0n) is 9.02. The summed E-state index contributed by atoms with van der Waals surface area (Å²) < 4.78 is 29.7. The van der Waals surface area contributed by atoms with Gasteiger partial charge >= 0.3 is 0 Å². The lowest BCUT2D eigenvalue weighted by Gasteiger charge is -2.11. The number of sulfonamides is 1. The van der Waals surface area contributed by atoms with Crippen LogP contribution in [0, 0.1) is 18.3 Å². The maximum atomic E-state index is 11.1. The third-order valence-electron chi connectivity index (χ3n) is 1.87. The monoisotopic (exact) mass is 240 g/mol. The Morgan fingerprint density at radius 3 is 2.75 bits per heavy atom. The summed E-state index contributed by atoms with van der Waals surface area (Å²) >= 11 is 0. The van der Waals surface area contributed by atoms with Gasteiger partial charge in [0.25, 0.3) is 0 Å². The molecule has 0 bridgehead atoms. The third-order valence-corrected chi connectivity index (χ3v) is 2.46. The quantitative estimate of drug-likeness (QED) is 0.859. The first-order chi connectivity index (χ1) is 7.44. The lowest BCUT2D eigenvalue weighted by Crippen LogP contribution is -2.11. The summed E-state index contributed by atoms with van der Waals surface area (Å²) in [5.74, 6) is 0.496. The van der Waals surface area contributed by atoms with Gasteiger partial charge in [-0.2, -0.15) is 5.26 Å². The average molecular weight is 240 g/mol. The van der Waals surface area contributed by atoms with E-state index in [2.05, 4.69) is 4.72 Å². The highest BCUT2D eigenvalue weighted by Gasteiger charge is 2.08. The molecule has 5 nitrogen and oxygen atoms in total. The first kappa shape index (κ1) is 12.3. The van der Waals surface area contributed by atoms with E-state index in [4.69, 9.17) is 10.00 Å². The molecule has 0 aliphatic rings. The van der Waals surface area contributed by atoms with E-state index < -0.39 is 10.0 Å². The molecule has 0 saturated carbocycles. The molecule has 0 aliphatic heterocycles. The lowest BCUT2D eigenvalue weighted by molar-refractivity contribution is 0.366. The summed E-state index contributed by atoms with van der Waals surface area (Å²) in [4.78, 5) is 0. The maximum Gasteiger partial charge on any atom is 0.229 e. The predicted octanol–water partition coefficient (Wildman–Crippen LogP) is 1.27. The number of hydrogen-bond acceptors (Lipinski definition) is 4. The van der Waals surface area contributed by atoms with Crippen LogP contribution in [0.1, 0.15) is 5.56 Å². The van der Waals surface area contributed by atoms with Crippen LogP contribution in [0.2, 0.25) is 0 Å². The van der Waals surface area contributed by atoms with Crippen molar-refractivity contribution >= 4 is 15.7 Å². The summed E-state index contributed by atoms with van der Waals surface area (Å²) in [6.07, 6.45) is 1.08. The fraction of sp³-hybridized carbons (Fsp3) is 0.300. The molecule has 16 heavy (non-hydrogen) atoms. The van der Waals surface area contributed by atoms with Crippen molar-refractivity contribution < 1.29 is 13.2 Å². The highest BCUT2D eigenvalue weighted by molar-refractivity contribution is 7.92. The molecule has 0 aromatic heterocycles. The fourth-order valence-electron chi connectivity index (χ4n) is 1.19. The summed E-state index contributed by atoms with van der Waals surface area (Å²) in [5.41, 5.74) is 1.11. The van der Waals surface area contributed by atoms with Gasteiger partial charge in [-0.1, -0.05) is 6.07 Å². The Balaban J connectivity index is 3.00. The highest BCUT2D eigenvalue weighted by atomic mass is 32.2. The van der Waals surface area contributed by atoms with Crippen LogP contribution in [-0.4, -0.2) is 21.3 Å². The van der Waals surface area contributed by atoms with Gasteiger partial charge in [-0.05, 0) is 19.1 Å². The molecule has 0 unspecified atom stereocenters. The average Bonchev–Trinajstić information content (AvgIpc) is 2.17. The zero-order chi connectivity index (χ0) is 12.2. The normalized spacial score (nSPS) is 10.6. The van der Waals surface area contributed by atoms with Gasteiger partial charge < -0.3 is 4.74 Å². The molecule has 0 aliphatic carbocycles. The summed E-state index contributed by atoms with van der Waals surface area (Å²) in [6.45, 7) is 1.66. The third kappa shape index (κ3) is 3.44. The van der Waals surface area contributed by atoms with Crippen LogP contribution in [0.3, 0.4) is 0 Å². The summed E-state index contributed by atoms with van der Waals surface area (Å²) in [6, 6.07) is 6.83. The molecular weight excluding hydrogens is 228 g/mol. The van der Waals surface area contributed by atoms with Crippen molar-refractivity contribution in [2.45, 2.75) is 6.92 Å². The van der Waals surface area contributed by atoms with Gasteiger partial charge in [0, 0.05) is 5.56 Å². The number of nitrogens with zero attached hydrogens (tertiary/aromatic N) is 1. The Labute approximate surface area is 94.7 Å². The van der Waals surface area contributed by atoms with E-state index >= 15 is 0 Å². The van der Waals surface area contributed by atoms with Crippen molar-refractivity contribution in [3.05, 3.63) is 23.8 Å². The SMILES string of the molecule is Cc1c(NS(C)(=O)=O)cccc1OCC#N. The van der Waals surface area contributed by atoms with Crippen molar-refractivity contribution in [1.82, 2.24) is 0 Å². The van der Waals surface area contributed by atoms with Crippen LogP contribution in [0.4, 0.5) is 5.69 Å². The minimum absolute atomic E-state index is 0.0663. The second-order valence-corrected chi connectivity index (χ2v) is 5.00. The van der Waals surface area contributed by atoms with E-state index in [1.54, 1.807) is 25.1 Å². The molecule has 1 rings (SSSR count). The number of nitrogens with one attached hydrogen (secondary N) is 1. The van der Waals surface area contributed by atoms with Gasteiger partial charge in [0.15, 0.2) is 6.61 Å². The predicted molar refractivity (Wildman–Crippen MR) is 60.8 cm³/mol. The second-order valence-electron chi connectivity index (χ2n) is 3.25. The molecule has 0 heterocycles. The summed E-state index contributed by atoms with van der Waals surface area (Å²) in [7, 11) is -3.31. The van der Waals surface area contributed by atoms with E-state index in [0.717, 1.165) is 6.26 Å². The fourth-order valence-corrected chi connectivity index (χ4v) is 1.81. The highest BCUT2D eigenvalue weighted by Crippen LogP contribution is 2.25. The number of rotatable bonds is 4. The van der Waals surface area contributed by atoms with Gasteiger partial charge in [0.1, 0.15) is 11.8 Å². The molecule has 1 N–H and O–H groups in total. The van der Waals surface area contributed by atoms with E-state index in [1.165, 1.54) is 0 Å². The van der Waals surface area contributed by atoms with Crippen LogP contribution in [0.15, 0.2) is 18.2 Å². The molecule has 0 spiro atoms. The Kier molecular flexibility index (Phi) is 3.74. The van der Waals surface area contributed by atoms with Crippen molar-refractivity contribution in [3.63, 3.8) is 0 Å². The molecule has 86 valence electrons. The van der Waals surface area contributed by atoms with E-state index in [1.807, 2.05) is 6.07 Å². The topological polar surface area (TPSA) is 79.2 Å². The van der Waals surface area contributed by atoms with Crippen LogP contribution in [-0.2, 0) is 10.0 Å². The molecular formula is C10H12N2O3S. The molecule has 0 atom stereocenters. The van der Waals surface area contributed by atoms with Crippen LogP contribution >= 0.6 is 0 Å². The molecule has 0 fully saturated rings. The van der Waals surface area contributed by atoms with Gasteiger partial charge in [-0.3, -0.25) is 4.72 Å².